The molecule has 0 bridgehead atoms. The van der Waals surface area contributed by atoms with E-state index in [4.69, 9.17) is 5.73 Å². The van der Waals surface area contributed by atoms with Gasteiger partial charge in [0.1, 0.15) is 5.60 Å². The van der Waals surface area contributed by atoms with Crippen LogP contribution in [-0.4, -0.2) is 10.1 Å². The van der Waals surface area contributed by atoms with E-state index < -0.39 is 11.4 Å². The summed E-state index contributed by atoms with van der Waals surface area (Å²) in [4.78, 5) is 3.71. The van der Waals surface area contributed by atoms with Crippen LogP contribution in [0.4, 0.5) is 10.1 Å². The van der Waals surface area contributed by atoms with Crippen LogP contribution in [-0.2, 0) is 5.60 Å². The van der Waals surface area contributed by atoms with Gasteiger partial charge >= 0.3 is 0 Å². The molecule has 0 amide bonds. The van der Waals surface area contributed by atoms with Crippen LogP contribution in [0.2, 0.25) is 0 Å². The third-order valence-electron chi connectivity index (χ3n) is 1.51. The normalized spacial score (nSPS) is 11.7. The highest BCUT2D eigenvalue weighted by atomic mass is 19.1. The summed E-state index contributed by atoms with van der Waals surface area (Å²) in [6.45, 7) is 3.12. The van der Waals surface area contributed by atoms with Gasteiger partial charge in [-0.3, -0.25) is 4.98 Å². The van der Waals surface area contributed by atoms with E-state index in [0.717, 1.165) is 6.20 Å². The molecule has 12 heavy (non-hydrogen) atoms. The summed E-state index contributed by atoms with van der Waals surface area (Å²) in [6, 6.07) is 1.33. The quantitative estimate of drug-likeness (QED) is 0.661. The molecule has 66 valence electrons. The van der Waals surface area contributed by atoms with Crippen LogP contribution in [0.3, 0.4) is 0 Å². The second kappa shape index (κ2) is 2.71. The molecule has 1 heterocycles. The zero-order valence-electron chi connectivity index (χ0n) is 7.00. The van der Waals surface area contributed by atoms with Crippen LogP contribution in [0.25, 0.3) is 0 Å². The predicted octanol–water partition coefficient (Wildman–Crippen LogP) is 1.03. The summed E-state index contributed by atoms with van der Waals surface area (Å²) in [5.74, 6) is -0.567. The van der Waals surface area contributed by atoms with E-state index >= 15 is 0 Å². The molecule has 1 aromatic rings. The van der Waals surface area contributed by atoms with Crippen molar-refractivity contribution < 1.29 is 9.50 Å². The molecule has 0 atom stereocenters. The molecule has 0 saturated carbocycles. The summed E-state index contributed by atoms with van der Waals surface area (Å²) in [5.41, 5.74) is 4.57. The first-order valence-electron chi connectivity index (χ1n) is 3.55. The number of hydrogen-bond donors (Lipinski definition) is 2. The molecular weight excluding hydrogens is 159 g/mol. The van der Waals surface area contributed by atoms with Crippen LogP contribution in [0.1, 0.15) is 19.5 Å². The maximum atomic E-state index is 12.6. The standard InChI is InChI=1S/C8H11FN2O/c1-8(2,12)7-3-6(10)5(9)4-11-7/h3-4,12H,1-2H3,(H2,10,11). The monoisotopic (exact) mass is 170 g/mol. The Bertz CT molecular complexity index is 294. The Kier molecular flexibility index (Phi) is 2.02. The Balaban J connectivity index is 3.14. The number of nitrogens with zero attached hydrogens (tertiary/aromatic N) is 1. The molecule has 0 unspecified atom stereocenters. The minimum Gasteiger partial charge on any atom is -0.396 e. The molecular formula is C8H11FN2O. The number of anilines is 1. The van der Waals surface area contributed by atoms with Gasteiger partial charge in [0, 0.05) is 0 Å². The minimum atomic E-state index is -1.08. The fourth-order valence-corrected chi connectivity index (χ4v) is 0.789. The second-order valence-corrected chi connectivity index (χ2v) is 3.15. The van der Waals surface area contributed by atoms with Gasteiger partial charge in [-0.25, -0.2) is 4.39 Å². The smallest absolute Gasteiger partial charge is 0.164 e. The van der Waals surface area contributed by atoms with Crippen molar-refractivity contribution in [2.75, 3.05) is 5.73 Å². The van der Waals surface area contributed by atoms with Crippen molar-refractivity contribution in [3.8, 4) is 0 Å². The van der Waals surface area contributed by atoms with Gasteiger partial charge in [-0.1, -0.05) is 0 Å². The Labute approximate surface area is 70.0 Å². The zero-order valence-corrected chi connectivity index (χ0v) is 7.00. The van der Waals surface area contributed by atoms with Gasteiger partial charge in [-0.2, -0.15) is 0 Å². The van der Waals surface area contributed by atoms with Crippen LogP contribution >= 0.6 is 0 Å². The van der Waals surface area contributed by atoms with Crippen molar-refractivity contribution in [2.24, 2.45) is 0 Å². The van der Waals surface area contributed by atoms with E-state index in [-0.39, 0.29) is 5.69 Å². The van der Waals surface area contributed by atoms with Crippen molar-refractivity contribution in [3.63, 3.8) is 0 Å². The lowest BCUT2D eigenvalue weighted by molar-refractivity contribution is 0.0738. The number of rotatable bonds is 1. The predicted molar refractivity (Wildman–Crippen MR) is 43.9 cm³/mol. The third kappa shape index (κ3) is 1.71. The van der Waals surface area contributed by atoms with Gasteiger partial charge in [0.2, 0.25) is 0 Å². The number of aromatic nitrogens is 1. The highest BCUT2D eigenvalue weighted by Crippen LogP contribution is 2.20. The zero-order chi connectivity index (χ0) is 9.35. The molecule has 3 nitrogen and oxygen atoms in total. The largest absolute Gasteiger partial charge is 0.396 e. The molecule has 0 aliphatic heterocycles. The number of halogens is 1. The summed E-state index contributed by atoms with van der Waals surface area (Å²) < 4.78 is 12.6. The van der Waals surface area contributed by atoms with E-state index in [0.29, 0.717) is 5.69 Å². The molecule has 3 N–H and O–H groups in total. The van der Waals surface area contributed by atoms with E-state index in [9.17, 15) is 9.50 Å². The van der Waals surface area contributed by atoms with Crippen molar-refractivity contribution >= 4 is 5.69 Å². The van der Waals surface area contributed by atoms with Gasteiger partial charge in [0.05, 0.1) is 17.6 Å². The molecule has 0 aliphatic carbocycles. The summed E-state index contributed by atoms with van der Waals surface area (Å²) in [6.07, 6.45) is 1.00. The van der Waals surface area contributed by atoms with Crippen molar-refractivity contribution in [2.45, 2.75) is 19.4 Å². The molecule has 1 rings (SSSR count). The van der Waals surface area contributed by atoms with Crippen molar-refractivity contribution in [1.82, 2.24) is 4.98 Å². The van der Waals surface area contributed by atoms with Gasteiger partial charge in [-0.05, 0) is 19.9 Å². The first-order chi connectivity index (χ1) is 5.41. The van der Waals surface area contributed by atoms with Crippen molar-refractivity contribution in [1.29, 1.82) is 0 Å². The van der Waals surface area contributed by atoms with Crippen LogP contribution in [0.15, 0.2) is 12.3 Å². The Morgan fingerprint density at radius 1 is 1.58 bits per heavy atom. The number of pyridine rings is 1. The van der Waals surface area contributed by atoms with E-state index in [2.05, 4.69) is 4.98 Å². The molecule has 0 saturated heterocycles. The molecule has 0 aliphatic rings. The Morgan fingerprint density at radius 2 is 2.17 bits per heavy atom. The van der Waals surface area contributed by atoms with Crippen LogP contribution in [0.5, 0.6) is 0 Å². The highest BCUT2D eigenvalue weighted by molar-refractivity contribution is 5.40. The molecule has 4 heteroatoms. The van der Waals surface area contributed by atoms with E-state index in [1.165, 1.54) is 6.07 Å². The lowest BCUT2D eigenvalue weighted by Gasteiger charge is -2.16. The Hall–Kier alpha value is -1.16. The van der Waals surface area contributed by atoms with Gasteiger partial charge in [-0.15, -0.1) is 0 Å². The average molecular weight is 170 g/mol. The van der Waals surface area contributed by atoms with E-state index in [1.807, 2.05) is 0 Å². The number of aliphatic hydroxyl groups is 1. The maximum absolute atomic E-state index is 12.6. The third-order valence-corrected chi connectivity index (χ3v) is 1.51. The number of hydrogen-bond acceptors (Lipinski definition) is 3. The lowest BCUT2D eigenvalue weighted by Crippen LogP contribution is -2.18. The Morgan fingerprint density at radius 3 is 2.58 bits per heavy atom. The molecule has 0 spiro atoms. The summed E-state index contributed by atoms with van der Waals surface area (Å²) in [7, 11) is 0. The first-order valence-corrected chi connectivity index (χ1v) is 3.55. The molecule has 0 aromatic carbocycles. The van der Waals surface area contributed by atoms with Crippen molar-refractivity contribution in [3.05, 3.63) is 23.8 Å². The van der Waals surface area contributed by atoms with Gasteiger partial charge in [0.15, 0.2) is 5.82 Å². The second-order valence-electron chi connectivity index (χ2n) is 3.15. The van der Waals surface area contributed by atoms with Crippen LogP contribution < -0.4 is 5.73 Å². The van der Waals surface area contributed by atoms with Gasteiger partial charge < -0.3 is 10.8 Å². The van der Waals surface area contributed by atoms with Gasteiger partial charge in [0.25, 0.3) is 0 Å². The first kappa shape index (κ1) is 8.93. The topological polar surface area (TPSA) is 59.1 Å². The fraction of sp³-hybridized carbons (Fsp3) is 0.375. The molecule has 0 radical (unpaired) electrons. The maximum Gasteiger partial charge on any atom is 0.164 e. The summed E-state index contributed by atoms with van der Waals surface area (Å²) in [5, 5.41) is 9.46. The van der Waals surface area contributed by atoms with Crippen LogP contribution in [0, 0.1) is 5.82 Å². The lowest BCUT2D eigenvalue weighted by atomic mass is 10.0. The highest BCUT2D eigenvalue weighted by Gasteiger charge is 2.18. The average Bonchev–Trinajstić information content (AvgIpc) is 1.92. The number of nitrogen functional groups attached to an aromatic ring is 1. The summed E-state index contributed by atoms with van der Waals surface area (Å²) >= 11 is 0. The minimum absolute atomic E-state index is 0.00197. The SMILES string of the molecule is CC(C)(O)c1cc(N)c(F)cn1. The molecule has 1 aromatic heterocycles. The fourth-order valence-electron chi connectivity index (χ4n) is 0.789. The number of nitrogens with two attached hydrogens (primary N) is 1. The van der Waals surface area contributed by atoms with E-state index in [1.54, 1.807) is 13.8 Å². The molecule has 0 fully saturated rings.